The van der Waals surface area contributed by atoms with Gasteiger partial charge in [-0.05, 0) is 30.2 Å². The maximum Gasteiger partial charge on any atom is 0.337 e. The van der Waals surface area contributed by atoms with Gasteiger partial charge in [0.25, 0.3) is 5.56 Å². The van der Waals surface area contributed by atoms with Crippen LogP contribution in [0.5, 0.6) is 0 Å². The third-order valence-electron chi connectivity index (χ3n) is 4.39. The highest BCUT2D eigenvalue weighted by Gasteiger charge is 2.14. The molecule has 7 nitrogen and oxygen atoms in total. The van der Waals surface area contributed by atoms with Crippen LogP contribution in [-0.2, 0) is 22.5 Å². The Hall–Kier alpha value is -3.13. The lowest BCUT2D eigenvalue weighted by molar-refractivity contribution is -0.117. The van der Waals surface area contributed by atoms with Crippen LogP contribution in [0.4, 0.5) is 0 Å². The van der Waals surface area contributed by atoms with Crippen LogP contribution in [0.2, 0.25) is 0 Å². The normalized spacial score (nSPS) is 10.8. The summed E-state index contributed by atoms with van der Waals surface area (Å²) in [6, 6.07) is 14.5. The van der Waals surface area contributed by atoms with Gasteiger partial charge in [0.15, 0.2) is 5.16 Å². The van der Waals surface area contributed by atoms with Crippen molar-refractivity contribution in [3.8, 4) is 0 Å². The smallest absolute Gasteiger partial charge is 0.337 e. The molecule has 0 aliphatic heterocycles. The molecule has 0 spiro atoms. The number of amides is 1. The van der Waals surface area contributed by atoms with Crippen molar-refractivity contribution < 1.29 is 14.3 Å². The molecule has 1 aromatic heterocycles. The van der Waals surface area contributed by atoms with E-state index in [1.54, 1.807) is 22.8 Å². The second-order valence-corrected chi connectivity index (χ2v) is 7.44. The fraction of sp³-hybridized carbons (Fsp3) is 0.238. The fourth-order valence-corrected chi connectivity index (χ4v) is 3.86. The van der Waals surface area contributed by atoms with E-state index in [0.29, 0.717) is 40.3 Å². The predicted octanol–water partition coefficient (Wildman–Crippen LogP) is 2.39. The molecule has 2 N–H and O–H groups in total. The molecule has 1 amide bonds. The van der Waals surface area contributed by atoms with Crippen molar-refractivity contribution in [1.29, 1.82) is 0 Å². The minimum Gasteiger partial charge on any atom is -0.465 e. The van der Waals surface area contributed by atoms with E-state index in [2.05, 4.69) is 4.98 Å². The highest BCUT2D eigenvalue weighted by molar-refractivity contribution is 7.99. The Morgan fingerprint density at radius 2 is 1.93 bits per heavy atom. The molecule has 29 heavy (non-hydrogen) atoms. The minimum atomic E-state index is -0.495. The van der Waals surface area contributed by atoms with Gasteiger partial charge in [-0.3, -0.25) is 14.2 Å². The lowest BCUT2D eigenvalue weighted by atomic mass is 10.1. The molecule has 2 aromatic carbocycles. The molecule has 0 unspecified atom stereocenters. The van der Waals surface area contributed by atoms with Crippen LogP contribution in [0.25, 0.3) is 10.9 Å². The maximum absolute atomic E-state index is 13.1. The van der Waals surface area contributed by atoms with Crippen LogP contribution in [-0.4, -0.2) is 34.3 Å². The first-order chi connectivity index (χ1) is 14.0. The molecular weight excluding hydrogens is 390 g/mol. The number of hydrogen-bond acceptors (Lipinski definition) is 6. The number of rotatable bonds is 8. The second kappa shape index (κ2) is 9.38. The zero-order valence-electron chi connectivity index (χ0n) is 16.0. The molecule has 0 saturated carbocycles. The summed E-state index contributed by atoms with van der Waals surface area (Å²) in [5, 5.41) is 0.909. The summed E-state index contributed by atoms with van der Waals surface area (Å²) < 4.78 is 6.35. The maximum atomic E-state index is 13.1. The molecule has 0 bridgehead atoms. The van der Waals surface area contributed by atoms with E-state index >= 15 is 0 Å². The third kappa shape index (κ3) is 5.03. The highest BCUT2D eigenvalue weighted by Crippen LogP contribution is 2.20. The average Bonchev–Trinajstić information content (AvgIpc) is 2.73. The number of esters is 1. The molecule has 0 aliphatic carbocycles. The van der Waals surface area contributed by atoms with Gasteiger partial charge in [-0.1, -0.05) is 42.1 Å². The summed E-state index contributed by atoms with van der Waals surface area (Å²) >= 11 is 1.29. The first-order valence-corrected chi connectivity index (χ1v) is 10.1. The van der Waals surface area contributed by atoms with Gasteiger partial charge in [0, 0.05) is 18.7 Å². The van der Waals surface area contributed by atoms with Crippen molar-refractivity contribution in [2.45, 2.75) is 24.5 Å². The van der Waals surface area contributed by atoms with Gasteiger partial charge >= 0.3 is 5.97 Å². The Balaban J connectivity index is 2.00. The quantitative estimate of drug-likeness (QED) is 0.347. The summed E-state index contributed by atoms with van der Waals surface area (Å²) in [6.07, 6.45) is 0.844. The Kier molecular flexibility index (Phi) is 6.66. The number of aryl methyl sites for hydroxylation is 1. The number of hydrogen-bond donors (Lipinski definition) is 1. The minimum absolute atomic E-state index is 0.180. The van der Waals surface area contributed by atoms with E-state index in [1.165, 1.54) is 18.9 Å². The van der Waals surface area contributed by atoms with E-state index in [9.17, 15) is 14.4 Å². The number of nitrogens with zero attached hydrogens (tertiary/aromatic N) is 2. The molecule has 3 aromatic rings. The first kappa shape index (κ1) is 20.6. The van der Waals surface area contributed by atoms with E-state index in [1.807, 2.05) is 30.3 Å². The van der Waals surface area contributed by atoms with Gasteiger partial charge in [0.05, 0.1) is 23.6 Å². The number of carbonyl (C=O) groups excluding carboxylic acids is 2. The van der Waals surface area contributed by atoms with Gasteiger partial charge in [-0.25, -0.2) is 9.78 Å². The second-order valence-electron chi connectivity index (χ2n) is 6.38. The molecule has 8 heteroatoms. The zero-order valence-corrected chi connectivity index (χ0v) is 16.8. The number of carbonyl (C=O) groups is 2. The molecule has 0 aliphatic rings. The highest BCUT2D eigenvalue weighted by atomic mass is 32.2. The van der Waals surface area contributed by atoms with E-state index in [0.717, 1.165) is 5.56 Å². The van der Waals surface area contributed by atoms with Crippen LogP contribution in [0, 0.1) is 0 Å². The van der Waals surface area contributed by atoms with Crippen LogP contribution in [0.3, 0.4) is 0 Å². The average molecular weight is 411 g/mol. The lowest BCUT2D eigenvalue weighted by Crippen LogP contribution is -2.25. The zero-order chi connectivity index (χ0) is 20.8. The number of fused-ring (bicyclic) bond motifs is 1. The summed E-state index contributed by atoms with van der Waals surface area (Å²) in [6.45, 7) is 0.448. The molecule has 0 radical (unpaired) electrons. The summed E-state index contributed by atoms with van der Waals surface area (Å²) in [5.41, 5.74) is 6.87. The van der Waals surface area contributed by atoms with Crippen LogP contribution >= 0.6 is 11.8 Å². The Bertz CT molecular complexity index is 1100. The molecule has 0 atom stereocenters. The number of primary amides is 1. The summed E-state index contributed by atoms with van der Waals surface area (Å²) in [5.74, 6) is -0.496. The number of thioether (sulfide) groups is 1. The van der Waals surface area contributed by atoms with E-state index in [-0.39, 0.29) is 12.0 Å². The van der Waals surface area contributed by atoms with Gasteiger partial charge < -0.3 is 10.5 Å². The molecule has 0 fully saturated rings. The van der Waals surface area contributed by atoms with Gasteiger partial charge in [-0.15, -0.1) is 0 Å². The first-order valence-electron chi connectivity index (χ1n) is 9.07. The van der Waals surface area contributed by atoms with Gasteiger partial charge in [0.2, 0.25) is 5.91 Å². The Morgan fingerprint density at radius 3 is 2.62 bits per heavy atom. The number of benzene rings is 2. The summed E-state index contributed by atoms with van der Waals surface area (Å²) in [4.78, 5) is 40.6. The van der Waals surface area contributed by atoms with Crippen LogP contribution in [0.1, 0.15) is 22.3 Å². The number of aromatic nitrogens is 2. The third-order valence-corrected chi connectivity index (χ3v) is 5.37. The lowest BCUT2D eigenvalue weighted by Gasteiger charge is -2.13. The standard InChI is InChI=1S/C21H21N3O4S/c1-28-20(27)15-7-8-16-17(13-15)23-21(29-12-10-18(22)25)24(19(16)26)11-9-14-5-3-2-4-6-14/h2-8,13H,9-12H2,1H3,(H2,22,25). The Labute approximate surface area is 171 Å². The molecule has 1 heterocycles. The van der Waals surface area contributed by atoms with Crippen molar-refractivity contribution in [1.82, 2.24) is 9.55 Å². The molecule has 0 saturated heterocycles. The topological polar surface area (TPSA) is 104 Å². The van der Waals surface area contributed by atoms with Crippen molar-refractivity contribution in [2.75, 3.05) is 12.9 Å². The molecule has 150 valence electrons. The van der Waals surface area contributed by atoms with E-state index in [4.69, 9.17) is 10.5 Å². The van der Waals surface area contributed by atoms with Crippen LogP contribution in [0.15, 0.2) is 58.5 Å². The largest absolute Gasteiger partial charge is 0.465 e. The number of nitrogens with two attached hydrogens (primary N) is 1. The summed E-state index contributed by atoms with van der Waals surface area (Å²) in [7, 11) is 1.30. The van der Waals surface area contributed by atoms with Crippen molar-refractivity contribution >= 4 is 34.5 Å². The van der Waals surface area contributed by atoms with Crippen LogP contribution < -0.4 is 11.3 Å². The number of methoxy groups -OCH3 is 1. The molecule has 3 rings (SSSR count). The Morgan fingerprint density at radius 1 is 1.17 bits per heavy atom. The monoisotopic (exact) mass is 411 g/mol. The van der Waals surface area contributed by atoms with Crippen molar-refractivity contribution in [3.63, 3.8) is 0 Å². The fourth-order valence-electron chi connectivity index (χ4n) is 2.88. The van der Waals surface area contributed by atoms with Crippen molar-refractivity contribution in [3.05, 3.63) is 70.0 Å². The predicted molar refractivity (Wildman–Crippen MR) is 112 cm³/mol. The van der Waals surface area contributed by atoms with Crippen molar-refractivity contribution in [2.24, 2.45) is 5.73 Å². The van der Waals surface area contributed by atoms with Gasteiger partial charge in [0.1, 0.15) is 0 Å². The number of ether oxygens (including phenoxy) is 1. The van der Waals surface area contributed by atoms with Gasteiger partial charge in [-0.2, -0.15) is 0 Å². The van der Waals surface area contributed by atoms with E-state index < -0.39 is 11.9 Å². The molecular formula is C21H21N3O4S. The SMILES string of the molecule is COC(=O)c1ccc2c(=O)n(CCc3ccccc3)c(SCCC(N)=O)nc2c1.